The molecule has 0 saturated heterocycles. The van der Waals surface area contributed by atoms with Crippen molar-refractivity contribution < 1.29 is 4.79 Å². The average molecular weight is 312 g/mol. The van der Waals surface area contributed by atoms with Crippen molar-refractivity contribution in [3.8, 4) is 0 Å². The molecule has 3 rings (SSSR count). The molecule has 1 aromatic carbocycles. The molecule has 124 valence electrons. The van der Waals surface area contributed by atoms with Crippen molar-refractivity contribution in [2.24, 2.45) is 5.92 Å². The van der Waals surface area contributed by atoms with Gasteiger partial charge in [0.15, 0.2) is 0 Å². The summed E-state index contributed by atoms with van der Waals surface area (Å²) in [6, 6.07) is 6.22. The molecule has 1 aromatic heterocycles. The topological polar surface area (TPSA) is 34.0 Å². The lowest BCUT2D eigenvalue weighted by molar-refractivity contribution is 0.0947. The summed E-state index contributed by atoms with van der Waals surface area (Å²) in [6.07, 6.45) is 9.87. The summed E-state index contributed by atoms with van der Waals surface area (Å²) in [5.41, 5.74) is 3.24. The number of hydrogen-bond donors (Lipinski definition) is 1. The zero-order chi connectivity index (χ0) is 16.2. The molecule has 0 atom stereocenters. The van der Waals surface area contributed by atoms with Crippen LogP contribution in [0.15, 0.2) is 24.4 Å². The molecular formula is C20H28N2O. The maximum atomic E-state index is 12.7. The van der Waals surface area contributed by atoms with E-state index in [1.165, 1.54) is 49.6 Å². The largest absolute Gasteiger partial charge is 0.352 e. The van der Waals surface area contributed by atoms with E-state index in [4.69, 9.17) is 0 Å². The molecule has 1 saturated carbocycles. The average Bonchev–Trinajstić information content (AvgIpc) is 2.75. The van der Waals surface area contributed by atoms with E-state index in [9.17, 15) is 4.79 Å². The lowest BCUT2D eigenvalue weighted by atomic mass is 10.0. The molecular weight excluding hydrogens is 284 g/mol. The van der Waals surface area contributed by atoms with Gasteiger partial charge in [-0.15, -0.1) is 0 Å². The van der Waals surface area contributed by atoms with Crippen molar-refractivity contribution in [1.82, 2.24) is 9.88 Å². The van der Waals surface area contributed by atoms with Crippen LogP contribution in [0, 0.1) is 12.8 Å². The van der Waals surface area contributed by atoms with Crippen LogP contribution in [0.3, 0.4) is 0 Å². The second-order valence-electron chi connectivity index (χ2n) is 6.87. The first-order valence-corrected chi connectivity index (χ1v) is 9.07. The highest BCUT2D eigenvalue weighted by molar-refractivity contribution is 6.07. The number of amides is 1. The Labute approximate surface area is 139 Å². The molecule has 1 aliphatic carbocycles. The third-order valence-corrected chi connectivity index (χ3v) is 5.21. The number of aromatic nitrogens is 1. The van der Waals surface area contributed by atoms with E-state index < -0.39 is 0 Å². The number of nitrogens with one attached hydrogen (secondary N) is 1. The summed E-state index contributed by atoms with van der Waals surface area (Å²) in [6.45, 7) is 5.95. The van der Waals surface area contributed by atoms with Crippen LogP contribution in [0.2, 0.25) is 0 Å². The Bertz CT molecular complexity index is 678. The molecule has 0 aliphatic heterocycles. The smallest absolute Gasteiger partial charge is 0.253 e. The molecule has 3 heteroatoms. The van der Waals surface area contributed by atoms with Crippen LogP contribution in [-0.2, 0) is 6.54 Å². The number of rotatable bonds is 4. The highest BCUT2D eigenvalue weighted by Crippen LogP contribution is 2.25. The van der Waals surface area contributed by atoms with E-state index in [0.717, 1.165) is 24.0 Å². The minimum absolute atomic E-state index is 0.0806. The number of carbonyl (C=O) groups excluding carboxylic acids is 1. The maximum Gasteiger partial charge on any atom is 0.253 e. The molecule has 0 spiro atoms. The third-order valence-electron chi connectivity index (χ3n) is 5.21. The molecule has 23 heavy (non-hydrogen) atoms. The Balaban J connectivity index is 1.77. The molecule has 1 N–H and O–H groups in total. The lowest BCUT2D eigenvalue weighted by Crippen LogP contribution is -2.29. The summed E-state index contributed by atoms with van der Waals surface area (Å²) >= 11 is 0. The summed E-state index contributed by atoms with van der Waals surface area (Å²) in [5.74, 6) is 0.736. The first-order chi connectivity index (χ1) is 11.2. The Morgan fingerprint density at radius 3 is 2.65 bits per heavy atom. The number of hydrogen-bond acceptors (Lipinski definition) is 1. The monoisotopic (exact) mass is 312 g/mol. The van der Waals surface area contributed by atoms with Gasteiger partial charge in [0.1, 0.15) is 0 Å². The normalized spacial score (nSPS) is 16.4. The first kappa shape index (κ1) is 16.1. The van der Waals surface area contributed by atoms with Gasteiger partial charge in [-0.2, -0.15) is 0 Å². The van der Waals surface area contributed by atoms with Crippen LogP contribution in [0.5, 0.6) is 0 Å². The van der Waals surface area contributed by atoms with Crippen LogP contribution in [-0.4, -0.2) is 17.0 Å². The van der Waals surface area contributed by atoms with Gasteiger partial charge >= 0.3 is 0 Å². The van der Waals surface area contributed by atoms with Crippen LogP contribution < -0.4 is 5.32 Å². The van der Waals surface area contributed by atoms with Gasteiger partial charge in [-0.3, -0.25) is 4.79 Å². The Kier molecular flexibility index (Phi) is 5.04. The van der Waals surface area contributed by atoms with Crippen molar-refractivity contribution in [2.75, 3.05) is 6.54 Å². The predicted octanol–water partition coefficient (Wildman–Crippen LogP) is 4.67. The van der Waals surface area contributed by atoms with Gasteiger partial charge in [0.25, 0.3) is 5.91 Å². The van der Waals surface area contributed by atoms with Crippen LogP contribution in [0.25, 0.3) is 10.9 Å². The van der Waals surface area contributed by atoms with E-state index in [1.807, 2.05) is 12.3 Å². The standard InChI is InChI=1S/C20H28N2O/c1-3-22-14-18(17-12-8-9-15(2)19(17)22)20(23)21-13-16-10-6-4-5-7-11-16/h8-9,12,14,16H,3-7,10-11,13H2,1-2H3,(H,21,23). The van der Waals surface area contributed by atoms with Gasteiger partial charge in [0.2, 0.25) is 0 Å². The molecule has 0 unspecified atom stereocenters. The Morgan fingerprint density at radius 1 is 1.22 bits per heavy atom. The van der Waals surface area contributed by atoms with E-state index in [2.05, 4.69) is 35.9 Å². The van der Waals surface area contributed by atoms with Gasteiger partial charge in [0, 0.05) is 24.7 Å². The van der Waals surface area contributed by atoms with Crippen LogP contribution in [0.4, 0.5) is 0 Å². The van der Waals surface area contributed by atoms with Gasteiger partial charge in [-0.05, 0) is 38.2 Å². The fourth-order valence-electron chi connectivity index (χ4n) is 3.88. The minimum atomic E-state index is 0.0806. The summed E-state index contributed by atoms with van der Waals surface area (Å²) in [4.78, 5) is 12.7. The number of fused-ring (bicyclic) bond motifs is 1. The number of benzene rings is 1. The molecule has 1 aliphatic rings. The van der Waals surface area contributed by atoms with Gasteiger partial charge in [-0.25, -0.2) is 0 Å². The summed E-state index contributed by atoms with van der Waals surface area (Å²) < 4.78 is 2.19. The number of nitrogens with zero attached hydrogens (tertiary/aromatic N) is 1. The zero-order valence-electron chi connectivity index (χ0n) is 14.4. The fourth-order valence-corrected chi connectivity index (χ4v) is 3.88. The zero-order valence-corrected chi connectivity index (χ0v) is 14.4. The second-order valence-corrected chi connectivity index (χ2v) is 6.87. The quantitative estimate of drug-likeness (QED) is 0.818. The van der Waals surface area contributed by atoms with E-state index in [1.54, 1.807) is 0 Å². The third kappa shape index (κ3) is 3.44. The second kappa shape index (κ2) is 7.20. The molecule has 3 nitrogen and oxygen atoms in total. The van der Waals surface area contributed by atoms with Crippen LogP contribution in [0.1, 0.15) is 61.4 Å². The molecule has 0 bridgehead atoms. The van der Waals surface area contributed by atoms with Crippen molar-refractivity contribution >= 4 is 16.8 Å². The van der Waals surface area contributed by atoms with Crippen LogP contribution >= 0.6 is 0 Å². The molecule has 1 amide bonds. The first-order valence-electron chi connectivity index (χ1n) is 9.07. The molecule has 1 fully saturated rings. The van der Waals surface area contributed by atoms with Crippen molar-refractivity contribution in [3.63, 3.8) is 0 Å². The van der Waals surface area contributed by atoms with Gasteiger partial charge < -0.3 is 9.88 Å². The summed E-state index contributed by atoms with van der Waals surface area (Å²) in [5, 5.41) is 4.27. The van der Waals surface area contributed by atoms with E-state index in [0.29, 0.717) is 5.92 Å². The Morgan fingerprint density at radius 2 is 1.96 bits per heavy atom. The van der Waals surface area contributed by atoms with Crippen molar-refractivity contribution in [1.29, 1.82) is 0 Å². The van der Waals surface area contributed by atoms with Crippen molar-refractivity contribution in [2.45, 2.75) is 58.9 Å². The van der Waals surface area contributed by atoms with Crippen molar-refractivity contribution in [3.05, 3.63) is 35.5 Å². The predicted molar refractivity (Wildman–Crippen MR) is 95.9 cm³/mol. The Hall–Kier alpha value is -1.77. The fraction of sp³-hybridized carbons (Fsp3) is 0.550. The number of carbonyl (C=O) groups is 1. The molecule has 1 heterocycles. The highest BCUT2D eigenvalue weighted by atomic mass is 16.1. The lowest BCUT2D eigenvalue weighted by Gasteiger charge is -2.14. The van der Waals surface area contributed by atoms with Gasteiger partial charge in [-0.1, -0.05) is 43.9 Å². The minimum Gasteiger partial charge on any atom is -0.352 e. The van der Waals surface area contributed by atoms with E-state index in [-0.39, 0.29) is 5.91 Å². The molecule has 2 aromatic rings. The highest BCUT2D eigenvalue weighted by Gasteiger charge is 2.18. The van der Waals surface area contributed by atoms with E-state index >= 15 is 0 Å². The summed E-state index contributed by atoms with van der Waals surface area (Å²) in [7, 11) is 0. The number of aryl methyl sites for hydroxylation is 2. The molecule has 0 radical (unpaired) electrons. The SMILES string of the molecule is CCn1cc(C(=O)NCC2CCCCCC2)c2cccc(C)c21. The van der Waals surface area contributed by atoms with Gasteiger partial charge in [0.05, 0.1) is 11.1 Å². The number of para-hydroxylation sites is 1. The maximum absolute atomic E-state index is 12.7.